The van der Waals surface area contributed by atoms with Gasteiger partial charge in [-0.05, 0) is 48.7 Å². The van der Waals surface area contributed by atoms with Gasteiger partial charge in [0.2, 0.25) is 5.43 Å². The van der Waals surface area contributed by atoms with E-state index in [1.807, 2.05) is 0 Å². The minimum absolute atomic E-state index is 0.0712. The first-order valence-corrected chi connectivity index (χ1v) is 7.69. The number of phenolic OH excluding ortho intramolecular Hbond substituents is 1. The van der Waals surface area contributed by atoms with Gasteiger partial charge in [0.25, 0.3) is 0 Å². The lowest BCUT2D eigenvalue weighted by Gasteiger charge is -2.08. The number of halogens is 1. The zero-order valence-electron chi connectivity index (χ0n) is 13.6. The molecule has 0 fully saturated rings. The fraction of sp³-hybridized carbons (Fsp3) is 0. The van der Waals surface area contributed by atoms with Crippen molar-refractivity contribution in [2.24, 2.45) is 10.7 Å². The van der Waals surface area contributed by atoms with Crippen LogP contribution in [-0.2, 0) is 0 Å². The highest BCUT2D eigenvalue weighted by molar-refractivity contribution is 6.08. The summed E-state index contributed by atoms with van der Waals surface area (Å²) in [5.41, 5.74) is 6.46. The summed E-state index contributed by atoms with van der Waals surface area (Å²) in [7, 11) is 0. The largest absolute Gasteiger partial charge is 0.508 e. The van der Waals surface area contributed by atoms with E-state index in [0.717, 1.165) is 0 Å². The summed E-state index contributed by atoms with van der Waals surface area (Å²) in [6, 6.07) is 13.3. The summed E-state index contributed by atoms with van der Waals surface area (Å²) >= 11 is 0. The van der Waals surface area contributed by atoms with Crippen LogP contribution in [0.25, 0.3) is 5.69 Å². The summed E-state index contributed by atoms with van der Waals surface area (Å²) in [5.74, 6) is -0.310. The Kier molecular flexibility index (Phi) is 4.89. The average Bonchev–Trinajstić information content (AvgIpc) is 2.63. The fourth-order valence-electron chi connectivity index (χ4n) is 2.28. The van der Waals surface area contributed by atoms with E-state index in [1.54, 1.807) is 12.1 Å². The number of hydrogen-bond donors (Lipinski definition) is 2. The van der Waals surface area contributed by atoms with Crippen LogP contribution >= 0.6 is 0 Å². The molecule has 0 radical (unpaired) electrons. The lowest BCUT2D eigenvalue weighted by atomic mass is 10.2. The van der Waals surface area contributed by atoms with Crippen LogP contribution in [0.5, 0.6) is 5.75 Å². The number of phenols is 1. The second kappa shape index (κ2) is 7.43. The van der Waals surface area contributed by atoms with Crippen LogP contribution in [0, 0.1) is 5.82 Å². The van der Waals surface area contributed by atoms with Crippen molar-refractivity contribution < 1.29 is 9.50 Å². The smallest absolute Gasteiger partial charge is 0.209 e. The predicted octanol–water partition coefficient (Wildman–Crippen LogP) is 2.67. The molecule has 3 aromatic rings. The Balaban J connectivity index is 2.11. The Labute approximate surface area is 148 Å². The van der Waals surface area contributed by atoms with Gasteiger partial charge < -0.3 is 10.8 Å². The summed E-state index contributed by atoms with van der Waals surface area (Å²) in [6.07, 6.45) is 4.18. The van der Waals surface area contributed by atoms with Crippen molar-refractivity contribution in [3.8, 4) is 11.4 Å². The monoisotopic (exact) mass is 350 g/mol. The van der Waals surface area contributed by atoms with Gasteiger partial charge in [0.15, 0.2) is 5.69 Å². The molecule has 0 bridgehead atoms. The molecule has 130 valence electrons. The first-order valence-electron chi connectivity index (χ1n) is 7.69. The molecule has 3 N–H and O–H groups in total. The zero-order valence-corrected chi connectivity index (χ0v) is 13.6. The molecule has 2 aromatic carbocycles. The maximum absolute atomic E-state index is 13.1. The van der Waals surface area contributed by atoms with Crippen LogP contribution in [0.1, 0.15) is 5.69 Å². The van der Waals surface area contributed by atoms with Crippen molar-refractivity contribution in [3.05, 3.63) is 94.8 Å². The molecule has 0 saturated carbocycles. The van der Waals surface area contributed by atoms with Crippen molar-refractivity contribution in [1.82, 2.24) is 9.78 Å². The van der Waals surface area contributed by atoms with Gasteiger partial charge in [-0.25, -0.2) is 14.1 Å². The molecule has 0 unspecified atom stereocenters. The van der Waals surface area contributed by atoms with Gasteiger partial charge in [-0.1, -0.05) is 6.07 Å². The van der Waals surface area contributed by atoms with Crippen LogP contribution in [-0.4, -0.2) is 20.6 Å². The number of rotatable bonds is 4. The molecule has 26 heavy (non-hydrogen) atoms. The first-order chi connectivity index (χ1) is 12.6. The molecule has 0 spiro atoms. The maximum Gasteiger partial charge on any atom is 0.209 e. The van der Waals surface area contributed by atoms with Crippen molar-refractivity contribution in [2.45, 2.75) is 0 Å². The Bertz CT molecular complexity index is 1040. The molecule has 0 amide bonds. The summed E-state index contributed by atoms with van der Waals surface area (Å²) in [4.78, 5) is 16.6. The second-order valence-electron chi connectivity index (χ2n) is 5.33. The van der Waals surface area contributed by atoms with Crippen LogP contribution in [0.3, 0.4) is 0 Å². The number of aromatic hydroxyl groups is 1. The van der Waals surface area contributed by atoms with E-state index in [-0.39, 0.29) is 28.4 Å². The van der Waals surface area contributed by atoms with E-state index in [4.69, 9.17) is 5.73 Å². The summed E-state index contributed by atoms with van der Waals surface area (Å²) in [5, 5.41) is 13.9. The van der Waals surface area contributed by atoms with E-state index in [2.05, 4.69) is 10.1 Å². The SMILES string of the molecule is NC=CC(=Nc1ccc(F)cc1)c1nn(-c2cccc(O)c2)ccc1=O. The van der Waals surface area contributed by atoms with Crippen LogP contribution < -0.4 is 11.2 Å². The lowest BCUT2D eigenvalue weighted by molar-refractivity contribution is 0.474. The average molecular weight is 350 g/mol. The number of benzene rings is 2. The van der Waals surface area contributed by atoms with Gasteiger partial charge in [0, 0.05) is 18.3 Å². The Morgan fingerprint density at radius 1 is 1.19 bits per heavy atom. The van der Waals surface area contributed by atoms with Gasteiger partial charge >= 0.3 is 0 Å². The molecule has 0 saturated heterocycles. The molecule has 6 nitrogen and oxygen atoms in total. The Hall–Kier alpha value is -3.74. The molecular weight excluding hydrogens is 335 g/mol. The van der Waals surface area contributed by atoms with Gasteiger partial charge in [0.1, 0.15) is 11.6 Å². The quantitative estimate of drug-likeness (QED) is 0.708. The van der Waals surface area contributed by atoms with Crippen molar-refractivity contribution >= 4 is 11.4 Å². The van der Waals surface area contributed by atoms with Crippen LogP contribution in [0.15, 0.2) is 82.9 Å². The Morgan fingerprint density at radius 3 is 2.65 bits per heavy atom. The highest BCUT2D eigenvalue weighted by atomic mass is 19.1. The van der Waals surface area contributed by atoms with Gasteiger partial charge in [-0.3, -0.25) is 4.79 Å². The highest BCUT2D eigenvalue weighted by Gasteiger charge is 2.10. The van der Waals surface area contributed by atoms with Crippen molar-refractivity contribution in [2.75, 3.05) is 0 Å². The third kappa shape index (κ3) is 3.84. The predicted molar refractivity (Wildman–Crippen MR) is 97.4 cm³/mol. The second-order valence-corrected chi connectivity index (χ2v) is 5.33. The van der Waals surface area contributed by atoms with Crippen molar-refractivity contribution in [1.29, 1.82) is 0 Å². The Morgan fingerprint density at radius 2 is 1.96 bits per heavy atom. The van der Waals surface area contributed by atoms with E-state index in [0.29, 0.717) is 11.4 Å². The van der Waals surface area contributed by atoms with Gasteiger partial charge in [-0.15, -0.1) is 0 Å². The topological polar surface area (TPSA) is 93.5 Å². The van der Waals surface area contributed by atoms with E-state index < -0.39 is 0 Å². The summed E-state index contributed by atoms with van der Waals surface area (Å²) in [6.45, 7) is 0. The molecule has 1 heterocycles. The number of allylic oxidation sites excluding steroid dienone is 1. The van der Waals surface area contributed by atoms with Crippen LogP contribution in [0.4, 0.5) is 10.1 Å². The lowest BCUT2D eigenvalue weighted by Crippen LogP contribution is -2.20. The first kappa shape index (κ1) is 17.1. The fourth-order valence-corrected chi connectivity index (χ4v) is 2.28. The number of aromatic nitrogens is 2. The molecule has 7 heteroatoms. The molecular formula is C19H15FN4O2. The summed E-state index contributed by atoms with van der Waals surface area (Å²) < 4.78 is 14.5. The minimum Gasteiger partial charge on any atom is -0.508 e. The zero-order chi connectivity index (χ0) is 18.5. The van der Waals surface area contributed by atoms with Gasteiger partial charge in [0.05, 0.1) is 17.1 Å². The van der Waals surface area contributed by atoms with Gasteiger partial charge in [-0.2, -0.15) is 5.10 Å². The molecule has 1 aromatic heterocycles. The minimum atomic E-state index is -0.385. The number of hydrogen-bond acceptors (Lipinski definition) is 5. The van der Waals surface area contributed by atoms with Crippen molar-refractivity contribution in [3.63, 3.8) is 0 Å². The highest BCUT2D eigenvalue weighted by Crippen LogP contribution is 2.16. The number of nitrogens with zero attached hydrogens (tertiary/aromatic N) is 3. The molecule has 0 atom stereocenters. The van der Waals surface area contributed by atoms with Crippen LogP contribution in [0.2, 0.25) is 0 Å². The molecule has 0 aliphatic rings. The standard InChI is InChI=1S/C19H15FN4O2/c20-13-4-6-14(7-5-13)22-17(8-10-21)19-18(26)9-11-24(23-19)15-2-1-3-16(25)12-15/h1-12,25H,21H2. The third-order valence-electron chi connectivity index (χ3n) is 3.48. The van der Waals surface area contributed by atoms with E-state index >= 15 is 0 Å². The molecule has 0 aliphatic heterocycles. The number of aliphatic imine (C=N–C) groups is 1. The van der Waals surface area contributed by atoms with E-state index in [1.165, 1.54) is 65.6 Å². The molecule has 3 rings (SSSR count). The maximum atomic E-state index is 13.1. The molecule has 0 aliphatic carbocycles. The van der Waals surface area contributed by atoms with E-state index in [9.17, 15) is 14.3 Å². The number of nitrogens with two attached hydrogens (primary N) is 1. The third-order valence-corrected chi connectivity index (χ3v) is 3.48. The normalized spacial score (nSPS) is 11.8.